The van der Waals surface area contributed by atoms with Crippen molar-refractivity contribution >= 4 is 21.8 Å². The highest BCUT2D eigenvalue weighted by Gasteiger charge is 2.25. The second kappa shape index (κ2) is 8.88. The van der Waals surface area contributed by atoms with Crippen LogP contribution in [0, 0.1) is 0 Å². The van der Waals surface area contributed by atoms with Gasteiger partial charge in [0.15, 0.2) is 0 Å². The summed E-state index contributed by atoms with van der Waals surface area (Å²) in [6.07, 6.45) is -0.161. The molecule has 4 aromatic carbocycles. The molecule has 0 saturated heterocycles. The molecule has 2 atom stereocenters. The first-order chi connectivity index (χ1) is 15.3. The van der Waals surface area contributed by atoms with Gasteiger partial charge in [0.25, 0.3) is 0 Å². The molecule has 2 unspecified atom stereocenters. The quantitative estimate of drug-likeness (QED) is 0.361. The minimum atomic E-state index is -0.117. The van der Waals surface area contributed by atoms with Crippen LogP contribution >= 0.6 is 15.9 Å². The van der Waals surface area contributed by atoms with Crippen molar-refractivity contribution in [1.82, 2.24) is 10.6 Å². The Morgan fingerprint density at radius 3 is 1.81 bits per heavy atom. The Morgan fingerprint density at radius 2 is 1.16 bits per heavy atom. The van der Waals surface area contributed by atoms with Crippen LogP contribution in [0.1, 0.15) is 29.0 Å². The maximum atomic E-state index is 4.96. The molecule has 0 bridgehead atoms. The van der Waals surface area contributed by atoms with Gasteiger partial charge in [0.1, 0.15) is 18.2 Å². The van der Waals surface area contributed by atoms with E-state index in [-0.39, 0.29) is 12.3 Å². The van der Waals surface area contributed by atoms with E-state index < -0.39 is 0 Å². The molecule has 5 rings (SSSR count). The molecule has 2 N–H and O–H groups in total. The molecule has 0 fully saturated rings. The summed E-state index contributed by atoms with van der Waals surface area (Å²) in [5, 5.41) is 7.23. The van der Waals surface area contributed by atoms with Gasteiger partial charge >= 0.3 is 0 Å². The lowest BCUT2D eigenvalue weighted by Gasteiger charge is -2.32. The lowest BCUT2D eigenvalue weighted by molar-refractivity contribution is 0.409. The molecule has 4 heteroatoms. The van der Waals surface area contributed by atoms with Crippen LogP contribution in [-0.2, 0) is 0 Å². The van der Waals surface area contributed by atoms with E-state index in [1.54, 1.807) is 0 Å². The fourth-order valence-corrected chi connectivity index (χ4v) is 4.05. The lowest BCUT2D eigenvalue weighted by atomic mass is 10.0. The number of benzene rings is 4. The smallest absolute Gasteiger partial charge is 0.131 e. The molecule has 0 aromatic heterocycles. The van der Waals surface area contributed by atoms with Crippen LogP contribution in [0.15, 0.2) is 119 Å². The Labute approximate surface area is 191 Å². The molecule has 152 valence electrons. The van der Waals surface area contributed by atoms with E-state index in [0.717, 1.165) is 21.4 Å². The highest BCUT2D eigenvalue weighted by atomic mass is 79.9. The highest BCUT2D eigenvalue weighted by molar-refractivity contribution is 9.10. The molecular formula is C27H22BrN3. The largest absolute Gasteiger partial charge is 0.350 e. The lowest BCUT2D eigenvalue weighted by Crippen LogP contribution is -2.44. The molecule has 1 aliphatic rings. The maximum Gasteiger partial charge on any atom is 0.131 e. The second-order valence-electron chi connectivity index (χ2n) is 7.53. The number of aliphatic imine (C=N–C) groups is 1. The van der Waals surface area contributed by atoms with Crippen LogP contribution in [-0.4, -0.2) is 5.84 Å². The van der Waals surface area contributed by atoms with Gasteiger partial charge in [-0.2, -0.15) is 0 Å². The molecule has 0 spiro atoms. The monoisotopic (exact) mass is 467 g/mol. The van der Waals surface area contributed by atoms with E-state index in [0.29, 0.717) is 0 Å². The number of nitrogens with one attached hydrogen (secondary N) is 2. The van der Waals surface area contributed by atoms with E-state index in [4.69, 9.17) is 4.99 Å². The molecule has 0 radical (unpaired) electrons. The maximum absolute atomic E-state index is 4.96. The predicted octanol–water partition coefficient (Wildman–Crippen LogP) is 6.45. The van der Waals surface area contributed by atoms with Crippen molar-refractivity contribution in [2.45, 2.75) is 12.3 Å². The number of rotatable bonds is 4. The van der Waals surface area contributed by atoms with Crippen molar-refractivity contribution in [2.24, 2.45) is 4.99 Å². The van der Waals surface area contributed by atoms with Crippen molar-refractivity contribution in [1.29, 1.82) is 0 Å². The fourth-order valence-electron chi connectivity index (χ4n) is 3.79. The van der Waals surface area contributed by atoms with Crippen LogP contribution < -0.4 is 10.6 Å². The average molecular weight is 468 g/mol. The first-order valence-electron chi connectivity index (χ1n) is 10.3. The topological polar surface area (TPSA) is 36.4 Å². The Kier molecular flexibility index (Phi) is 5.65. The number of hydrogen-bond acceptors (Lipinski definition) is 3. The number of hydrogen-bond donors (Lipinski definition) is 2. The second-order valence-corrected chi connectivity index (χ2v) is 8.45. The van der Waals surface area contributed by atoms with E-state index in [9.17, 15) is 0 Å². The molecule has 4 aromatic rings. The summed E-state index contributed by atoms with van der Waals surface area (Å²) in [5.41, 5.74) is 5.80. The third-order valence-electron chi connectivity index (χ3n) is 5.45. The van der Waals surface area contributed by atoms with Gasteiger partial charge < -0.3 is 5.32 Å². The summed E-state index contributed by atoms with van der Waals surface area (Å²) in [5.74, 6) is 0.898. The Bertz CT molecular complexity index is 1170. The summed E-state index contributed by atoms with van der Waals surface area (Å²) in [4.78, 5) is 4.96. The number of nitrogens with zero attached hydrogens (tertiary/aromatic N) is 1. The van der Waals surface area contributed by atoms with Crippen LogP contribution in [0.25, 0.3) is 11.1 Å². The van der Waals surface area contributed by atoms with Gasteiger partial charge in [-0.3, -0.25) is 5.32 Å². The normalized spacial score (nSPS) is 18.2. The van der Waals surface area contributed by atoms with Crippen LogP contribution in [0.2, 0.25) is 0 Å². The molecular weight excluding hydrogens is 446 g/mol. The van der Waals surface area contributed by atoms with Gasteiger partial charge in [-0.25, -0.2) is 4.99 Å². The zero-order valence-corrected chi connectivity index (χ0v) is 18.5. The summed E-state index contributed by atoms with van der Waals surface area (Å²) in [6, 6.07) is 37.8. The van der Waals surface area contributed by atoms with Crippen LogP contribution in [0.5, 0.6) is 0 Å². The Morgan fingerprint density at radius 1 is 0.581 bits per heavy atom. The minimum Gasteiger partial charge on any atom is -0.350 e. The van der Waals surface area contributed by atoms with Crippen molar-refractivity contribution in [3.63, 3.8) is 0 Å². The van der Waals surface area contributed by atoms with Crippen molar-refractivity contribution in [3.05, 3.63) is 130 Å². The Hall–Kier alpha value is -3.21. The van der Waals surface area contributed by atoms with Gasteiger partial charge in [0.2, 0.25) is 0 Å². The Balaban J connectivity index is 1.46. The molecule has 0 amide bonds. The third-order valence-corrected chi connectivity index (χ3v) is 5.98. The van der Waals surface area contributed by atoms with E-state index in [1.165, 1.54) is 16.7 Å². The predicted molar refractivity (Wildman–Crippen MR) is 131 cm³/mol. The standard InChI is InChI=1S/C27H22BrN3/c28-24-17-15-20(16-18-24)19-11-13-23(14-12-19)27-30-25(21-7-3-1-4-8-21)29-26(31-27)22-9-5-2-6-10-22/h1-18,25,27,30H,(H,29,31). The van der Waals surface area contributed by atoms with E-state index >= 15 is 0 Å². The molecule has 1 aliphatic heterocycles. The van der Waals surface area contributed by atoms with Gasteiger partial charge in [0.05, 0.1) is 0 Å². The van der Waals surface area contributed by atoms with Gasteiger partial charge in [-0.15, -0.1) is 0 Å². The van der Waals surface area contributed by atoms with Gasteiger partial charge in [-0.05, 0) is 34.4 Å². The summed E-state index contributed by atoms with van der Waals surface area (Å²) >= 11 is 3.50. The molecule has 0 saturated carbocycles. The summed E-state index contributed by atoms with van der Waals surface area (Å²) < 4.78 is 1.09. The zero-order valence-electron chi connectivity index (χ0n) is 16.9. The first-order valence-corrected chi connectivity index (χ1v) is 11.1. The zero-order chi connectivity index (χ0) is 21.0. The van der Waals surface area contributed by atoms with Gasteiger partial charge in [-0.1, -0.05) is 113 Å². The third kappa shape index (κ3) is 4.46. The van der Waals surface area contributed by atoms with Crippen molar-refractivity contribution < 1.29 is 0 Å². The van der Waals surface area contributed by atoms with Crippen LogP contribution in [0.4, 0.5) is 0 Å². The SMILES string of the molecule is Brc1ccc(-c2ccc(C3NC(c4ccccc4)=NC(c4ccccc4)N3)cc2)cc1. The number of amidine groups is 1. The van der Waals surface area contributed by atoms with E-state index in [2.05, 4.69) is 111 Å². The van der Waals surface area contributed by atoms with Gasteiger partial charge in [0, 0.05) is 10.0 Å². The molecule has 31 heavy (non-hydrogen) atoms. The highest BCUT2D eigenvalue weighted by Crippen LogP contribution is 2.27. The van der Waals surface area contributed by atoms with E-state index in [1.807, 2.05) is 24.3 Å². The fraction of sp³-hybridized carbons (Fsp3) is 0.0741. The minimum absolute atomic E-state index is 0.0446. The summed E-state index contributed by atoms with van der Waals surface area (Å²) in [6.45, 7) is 0. The number of halogens is 1. The van der Waals surface area contributed by atoms with Crippen molar-refractivity contribution in [2.75, 3.05) is 0 Å². The first kappa shape index (κ1) is 19.7. The van der Waals surface area contributed by atoms with Crippen molar-refractivity contribution in [3.8, 4) is 11.1 Å². The molecule has 3 nitrogen and oxygen atoms in total. The summed E-state index contributed by atoms with van der Waals surface area (Å²) in [7, 11) is 0. The average Bonchev–Trinajstić information content (AvgIpc) is 2.85. The van der Waals surface area contributed by atoms with Crippen LogP contribution in [0.3, 0.4) is 0 Å². The molecule has 0 aliphatic carbocycles. The molecule has 1 heterocycles.